The largest absolute Gasteiger partial charge is 0.422 e. The number of hydrogen-bond acceptors (Lipinski definition) is 6. The van der Waals surface area contributed by atoms with Crippen LogP contribution in [0.5, 0.6) is 5.75 Å². The van der Waals surface area contributed by atoms with Crippen LogP contribution in [0.15, 0.2) is 45.6 Å². The summed E-state index contributed by atoms with van der Waals surface area (Å²) in [4.78, 5) is 24.2. The Morgan fingerprint density at radius 3 is 2.69 bits per heavy atom. The predicted molar refractivity (Wildman–Crippen MR) is 138 cm³/mol. The average Bonchev–Trinajstić information content (AvgIpc) is 2.84. The summed E-state index contributed by atoms with van der Waals surface area (Å²) in [5.74, 6) is 0.0778. The maximum Gasteiger partial charge on any atom is 0.412 e. The van der Waals surface area contributed by atoms with E-state index in [2.05, 4.69) is 14.8 Å². The highest BCUT2D eigenvalue weighted by molar-refractivity contribution is 7.84. The van der Waals surface area contributed by atoms with Crippen LogP contribution in [0.1, 0.15) is 37.0 Å². The summed E-state index contributed by atoms with van der Waals surface area (Å²) >= 11 is 4.71. The minimum Gasteiger partial charge on any atom is -0.422 e. The van der Waals surface area contributed by atoms with Crippen molar-refractivity contribution in [3.05, 3.63) is 68.5 Å². The van der Waals surface area contributed by atoms with Gasteiger partial charge in [0.1, 0.15) is 5.58 Å². The molecule has 0 bridgehead atoms. The van der Waals surface area contributed by atoms with E-state index in [-0.39, 0.29) is 29.2 Å². The highest BCUT2D eigenvalue weighted by atomic mass is 35.5. The van der Waals surface area contributed by atoms with Gasteiger partial charge < -0.3 is 14.5 Å². The number of carbonyl (C=O) groups excluding carboxylic acids is 1. The molecule has 0 saturated heterocycles. The van der Waals surface area contributed by atoms with Gasteiger partial charge in [0.15, 0.2) is 16.9 Å². The first kappa shape index (κ1) is 27.9. The van der Waals surface area contributed by atoms with Crippen molar-refractivity contribution in [3.63, 3.8) is 0 Å². The molecule has 1 aromatic heterocycles. The van der Waals surface area contributed by atoms with Crippen LogP contribution < -0.4 is 25.1 Å². The standard InChI is InChI=1S/C22H21ClN4O5S.C2H6/c1-13-16-11-18(23)20(32-22(29)25-2)12-19(16)31-21(28)17(13)10-14-5-3-6-15(9-14)27-33(30)26-8-4-7-24;1-2/h3,5-6,9,11-12,26-27H,4,8,10H2,1-2H3,(H,25,29);1-2H3. The SMILES string of the molecule is CC.CNC(=O)Oc1cc2oc(=O)c(Cc3cccc(NS(=O)NCCC#N)c3)c(C)c2cc1Cl. The molecule has 0 radical (unpaired) electrons. The Bertz CT molecular complexity index is 1320. The van der Waals surface area contributed by atoms with E-state index in [1.807, 2.05) is 26.0 Å². The fourth-order valence-corrected chi connectivity index (χ4v) is 4.02. The molecular formula is C24H27ClN4O5S. The van der Waals surface area contributed by atoms with Gasteiger partial charge in [-0.15, -0.1) is 0 Å². The van der Waals surface area contributed by atoms with Crippen molar-refractivity contribution in [3.8, 4) is 11.8 Å². The fourth-order valence-electron chi connectivity index (χ4n) is 3.11. The Morgan fingerprint density at radius 1 is 1.26 bits per heavy atom. The van der Waals surface area contributed by atoms with Crippen LogP contribution in [0.25, 0.3) is 11.0 Å². The second-order valence-corrected chi connectivity index (χ2v) is 8.40. The van der Waals surface area contributed by atoms with Gasteiger partial charge in [0.25, 0.3) is 0 Å². The molecule has 0 saturated carbocycles. The molecule has 1 atom stereocenters. The molecule has 0 spiro atoms. The lowest BCUT2D eigenvalue weighted by atomic mass is 9.99. The number of halogens is 1. The highest BCUT2D eigenvalue weighted by Crippen LogP contribution is 2.32. The molecule has 0 fully saturated rings. The van der Waals surface area contributed by atoms with Crippen molar-refractivity contribution in [2.75, 3.05) is 18.3 Å². The molecule has 11 heteroatoms. The van der Waals surface area contributed by atoms with E-state index in [0.717, 1.165) is 5.56 Å². The molecule has 3 N–H and O–H groups in total. The molecule has 1 unspecified atom stereocenters. The molecule has 3 rings (SSSR count). The van der Waals surface area contributed by atoms with Gasteiger partial charge in [-0.05, 0) is 36.2 Å². The molecule has 1 amide bonds. The van der Waals surface area contributed by atoms with Crippen LogP contribution >= 0.6 is 11.6 Å². The number of amides is 1. The zero-order valence-corrected chi connectivity index (χ0v) is 21.4. The van der Waals surface area contributed by atoms with Gasteiger partial charge in [-0.25, -0.2) is 18.5 Å². The van der Waals surface area contributed by atoms with Crippen molar-refractivity contribution in [2.24, 2.45) is 0 Å². The fraction of sp³-hybridized carbons (Fsp3) is 0.292. The summed E-state index contributed by atoms with van der Waals surface area (Å²) in [6.45, 7) is 6.09. The van der Waals surface area contributed by atoms with Crippen molar-refractivity contribution >= 4 is 45.5 Å². The van der Waals surface area contributed by atoms with Gasteiger partial charge in [0.05, 0.1) is 11.1 Å². The van der Waals surface area contributed by atoms with Gasteiger partial charge in [0, 0.05) is 49.1 Å². The first-order chi connectivity index (χ1) is 16.8. The van der Waals surface area contributed by atoms with Gasteiger partial charge >= 0.3 is 11.7 Å². The smallest absolute Gasteiger partial charge is 0.412 e. The number of fused-ring (bicyclic) bond motifs is 1. The maximum atomic E-state index is 12.7. The van der Waals surface area contributed by atoms with Crippen LogP contribution in [-0.4, -0.2) is 23.9 Å². The molecule has 186 valence electrons. The van der Waals surface area contributed by atoms with Gasteiger partial charge in [-0.3, -0.25) is 4.72 Å². The minimum atomic E-state index is -1.55. The first-order valence-corrected chi connectivity index (χ1v) is 12.4. The summed E-state index contributed by atoms with van der Waals surface area (Å²) in [5.41, 5.74) is 2.26. The van der Waals surface area contributed by atoms with E-state index in [9.17, 15) is 13.8 Å². The van der Waals surface area contributed by atoms with E-state index in [0.29, 0.717) is 28.7 Å². The van der Waals surface area contributed by atoms with Crippen molar-refractivity contribution in [1.82, 2.24) is 10.0 Å². The Kier molecular flexibility index (Phi) is 10.7. The second-order valence-electron chi connectivity index (χ2n) is 6.96. The van der Waals surface area contributed by atoms with Crippen LogP contribution in [0.4, 0.5) is 10.5 Å². The number of rotatable bonds is 8. The third-order valence-corrected chi connectivity index (χ3v) is 5.92. The monoisotopic (exact) mass is 518 g/mol. The lowest BCUT2D eigenvalue weighted by Crippen LogP contribution is -2.24. The quantitative estimate of drug-likeness (QED) is 0.295. The Hall–Kier alpha value is -3.39. The summed E-state index contributed by atoms with van der Waals surface area (Å²) in [6.07, 6.45) is -0.169. The highest BCUT2D eigenvalue weighted by Gasteiger charge is 2.16. The molecule has 1 heterocycles. The van der Waals surface area contributed by atoms with Crippen LogP contribution in [0.3, 0.4) is 0 Å². The molecule has 9 nitrogen and oxygen atoms in total. The zero-order valence-electron chi connectivity index (χ0n) is 19.9. The third kappa shape index (κ3) is 7.55. The number of hydrogen-bond donors (Lipinski definition) is 3. The van der Waals surface area contributed by atoms with Gasteiger partial charge in [-0.2, -0.15) is 5.26 Å². The Labute approximate surface area is 211 Å². The molecular weight excluding hydrogens is 492 g/mol. The number of aryl methyl sites for hydroxylation is 1. The number of benzene rings is 2. The van der Waals surface area contributed by atoms with E-state index in [1.165, 1.54) is 13.1 Å². The summed E-state index contributed by atoms with van der Waals surface area (Å²) in [6, 6.07) is 12.1. The number of nitrogens with zero attached hydrogens (tertiary/aromatic N) is 1. The number of nitrogens with one attached hydrogen (secondary N) is 3. The van der Waals surface area contributed by atoms with E-state index in [1.54, 1.807) is 31.2 Å². The predicted octanol–water partition coefficient (Wildman–Crippen LogP) is 4.58. The van der Waals surface area contributed by atoms with Crippen LogP contribution in [0, 0.1) is 18.3 Å². The number of nitriles is 1. The molecule has 0 aliphatic rings. The zero-order chi connectivity index (χ0) is 26.0. The van der Waals surface area contributed by atoms with Crippen LogP contribution in [0.2, 0.25) is 5.02 Å². The van der Waals surface area contributed by atoms with E-state index >= 15 is 0 Å². The summed E-state index contributed by atoms with van der Waals surface area (Å²) < 4.78 is 28.1. The normalized spacial score (nSPS) is 11.1. The summed E-state index contributed by atoms with van der Waals surface area (Å²) in [7, 11) is 1.42. The number of ether oxygens (including phenoxy) is 1. The van der Waals surface area contributed by atoms with Crippen LogP contribution in [-0.2, 0) is 17.6 Å². The second kappa shape index (κ2) is 13.5. The lowest BCUT2D eigenvalue weighted by molar-refractivity contribution is 0.203. The van der Waals surface area contributed by atoms with E-state index in [4.69, 9.17) is 26.0 Å². The minimum absolute atomic E-state index is 0.0778. The van der Waals surface area contributed by atoms with Crippen molar-refractivity contribution in [2.45, 2.75) is 33.6 Å². The molecule has 35 heavy (non-hydrogen) atoms. The number of anilines is 1. The first-order valence-electron chi connectivity index (χ1n) is 10.9. The average molecular weight is 519 g/mol. The Balaban J connectivity index is 0.00000210. The molecule has 2 aromatic carbocycles. The summed E-state index contributed by atoms with van der Waals surface area (Å²) in [5, 5.41) is 11.7. The van der Waals surface area contributed by atoms with Gasteiger partial charge in [0.2, 0.25) is 0 Å². The van der Waals surface area contributed by atoms with Gasteiger partial charge in [-0.1, -0.05) is 37.6 Å². The molecule has 0 aliphatic carbocycles. The topological polar surface area (TPSA) is 133 Å². The van der Waals surface area contributed by atoms with Crippen molar-refractivity contribution in [1.29, 1.82) is 5.26 Å². The maximum absolute atomic E-state index is 12.7. The Morgan fingerprint density at radius 2 is 2.00 bits per heavy atom. The lowest BCUT2D eigenvalue weighted by Gasteiger charge is -2.12. The van der Waals surface area contributed by atoms with E-state index < -0.39 is 22.9 Å². The molecule has 0 aliphatic heterocycles. The van der Waals surface area contributed by atoms with Crippen molar-refractivity contribution < 1.29 is 18.2 Å². The molecule has 3 aromatic rings. The third-order valence-electron chi connectivity index (χ3n) is 4.73. The number of carbonyl (C=O) groups is 1.